The Morgan fingerprint density at radius 1 is 1.20 bits per heavy atom. The van der Waals surface area contributed by atoms with Gasteiger partial charge < -0.3 is 10.5 Å². The fraction of sp³-hybridized carbons (Fsp3) is 0.294. The third-order valence-electron chi connectivity index (χ3n) is 3.11. The Balaban J connectivity index is 2.07. The zero-order chi connectivity index (χ0) is 14.5. The summed E-state index contributed by atoms with van der Waals surface area (Å²) in [7, 11) is 0. The first-order valence-corrected chi connectivity index (χ1v) is 7.40. The molecule has 0 aliphatic carbocycles. The molecule has 0 spiro atoms. The summed E-state index contributed by atoms with van der Waals surface area (Å²) in [5.41, 5.74) is 9.06. The van der Waals surface area contributed by atoms with E-state index in [1.165, 1.54) is 21.6 Å². The summed E-state index contributed by atoms with van der Waals surface area (Å²) < 4.78 is 5.94. The van der Waals surface area contributed by atoms with Gasteiger partial charge >= 0.3 is 0 Å². The minimum absolute atomic E-state index is 0.394. The first-order valence-electron chi connectivity index (χ1n) is 6.58. The first-order chi connectivity index (χ1) is 9.60. The summed E-state index contributed by atoms with van der Waals surface area (Å²) in [5, 5.41) is 0. The van der Waals surface area contributed by atoms with Crippen molar-refractivity contribution < 1.29 is 4.74 Å². The molecule has 2 nitrogen and oxygen atoms in total. The van der Waals surface area contributed by atoms with Crippen molar-refractivity contribution in [3.63, 3.8) is 0 Å². The van der Waals surface area contributed by atoms with Gasteiger partial charge in [0.1, 0.15) is 12.4 Å². The molecular formula is C17H19NOS. The number of nitrogens with two attached hydrogens (primary N) is 1. The second-order valence-corrected chi connectivity index (χ2v) is 5.93. The largest absolute Gasteiger partial charge is 0.488 e. The molecule has 0 fully saturated rings. The fourth-order valence-electron chi connectivity index (χ4n) is 1.96. The molecular weight excluding hydrogens is 266 g/mol. The lowest BCUT2D eigenvalue weighted by molar-refractivity contribution is 0.307. The van der Waals surface area contributed by atoms with Crippen LogP contribution in [0.15, 0.2) is 24.3 Å². The lowest BCUT2D eigenvalue weighted by Gasteiger charge is -2.11. The van der Waals surface area contributed by atoms with Gasteiger partial charge in [-0.15, -0.1) is 11.3 Å². The summed E-state index contributed by atoms with van der Waals surface area (Å²) in [6, 6.07) is 8.34. The van der Waals surface area contributed by atoms with Crippen LogP contribution in [0.4, 0.5) is 0 Å². The van der Waals surface area contributed by atoms with E-state index in [1.54, 1.807) is 11.3 Å². The first kappa shape index (κ1) is 14.6. The standard InChI is InChI=1S/C17H19NOS/c1-12-9-13(2)14(3)17(10-12)19-11-16-7-6-15(20-16)5-4-8-18/h6-7,9-10H,8,11,18H2,1-3H3. The van der Waals surface area contributed by atoms with Gasteiger partial charge in [-0.3, -0.25) is 0 Å². The minimum Gasteiger partial charge on any atom is -0.488 e. The fourth-order valence-corrected chi connectivity index (χ4v) is 2.76. The number of ether oxygens (including phenoxy) is 1. The Hall–Kier alpha value is -1.76. The number of rotatable bonds is 3. The van der Waals surface area contributed by atoms with Crippen LogP contribution in [0.2, 0.25) is 0 Å². The topological polar surface area (TPSA) is 35.2 Å². The molecule has 3 heteroatoms. The van der Waals surface area contributed by atoms with E-state index in [2.05, 4.69) is 50.8 Å². The van der Waals surface area contributed by atoms with Gasteiger partial charge in [0, 0.05) is 4.88 Å². The average molecular weight is 285 g/mol. The van der Waals surface area contributed by atoms with Crippen molar-refractivity contribution in [3.8, 4) is 17.6 Å². The smallest absolute Gasteiger partial charge is 0.123 e. The SMILES string of the molecule is Cc1cc(C)c(C)c(OCc2ccc(C#CCN)s2)c1. The van der Waals surface area contributed by atoms with Gasteiger partial charge in [-0.2, -0.15) is 0 Å². The molecule has 1 aromatic carbocycles. The van der Waals surface area contributed by atoms with Gasteiger partial charge in [0.25, 0.3) is 0 Å². The zero-order valence-corrected chi connectivity index (χ0v) is 12.9. The number of benzene rings is 1. The normalized spacial score (nSPS) is 10.0. The van der Waals surface area contributed by atoms with E-state index in [0.717, 1.165) is 10.6 Å². The molecule has 1 heterocycles. The van der Waals surface area contributed by atoms with Crippen molar-refractivity contribution in [2.24, 2.45) is 5.73 Å². The molecule has 2 rings (SSSR count). The quantitative estimate of drug-likeness (QED) is 0.875. The number of hydrogen-bond acceptors (Lipinski definition) is 3. The Morgan fingerprint density at radius 3 is 2.75 bits per heavy atom. The number of hydrogen-bond donors (Lipinski definition) is 1. The zero-order valence-electron chi connectivity index (χ0n) is 12.1. The highest BCUT2D eigenvalue weighted by Crippen LogP contribution is 2.25. The molecule has 0 saturated carbocycles. The minimum atomic E-state index is 0.394. The molecule has 0 saturated heterocycles. The van der Waals surface area contributed by atoms with Crippen LogP contribution in [-0.2, 0) is 6.61 Å². The molecule has 104 valence electrons. The Morgan fingerprint density at radius 2 is 2.00 bits per heavy atom. The van der Waals surface area contributed by atoms with Gasteiger partial charge in [0.15, 0.2) is 0 Å². The van der Waals surface area contributed by atoms with Crippen LogP contribution in [0.5, 0.6) is 5.75 Å². The van der Waals surface area contributed by atoms with Gasteiger partial charge in [-0.1, -0.05) is 17.9 Å². The van der Waals surface area contributed by atoms with E-state index in [1.807, 2.05) is 6.07 Å². The maximum Gasteiger partial charge on any atom is 0.123 e. The average Bonchev–Trinajstić information content (AvgIpc) is 2.86. The third kappa shape index (κ3) is 3.63. The van der Waals surface area contributed by atoms with Crippen LogP contribution in [0, 0.1) is 32.6 Å². The summed E-state index contributed by atoms with van der Waals surface area (Å²) >= 11 is 1.65. The van der Waals surface area contributed by atoms with E-state index in [9.17, 15) is 0 Å². The van der Waals surface area contributed by atoms with Crippen molar-refractivity contribution in [3.05, 3.63) is 50.7 Å². The van der Waals surface area contributed by atoms with Crippen LogP contribution < -0.4 is 10.5 Å². The van der Waals surface area contributed by atoms with Gasteiger partial charge in [0.2, 0.25) is 0 Å². The second kappa shape index (κ2) is 6.60. The highest BCUT2D eigenvalue weighted by molar-refractivity contribution is 7.12. The van der Waals surface area contributed by atoms with E-state index in [-0.39, 0.29) is 0 Å². The molecule has 2 N–H and O–H groups in total. The molecule has 0 bridgehead atoms. The van der Waals surface area contributed by atoms with Crippen molar-refractivity contribution >= 4 is 11.3 Å². The van der Waals surface area contributed by atoms with E-state index in [0.29, 0.717) is 13.2 Å². The van der Waals surface area contributed by atoms with Crippen LogP contribution in [0.3, 0.4) is 0 Å². The van der Waals surface area contributed by atoms with Crippen LogP contribution >= 0.6 is 11.3 Å². The molecule has 0 unspecified atom stereocenters. The molecule has 2 aromatic rings. The van der Waals surface area contributed by atoms with Crippen LogP contribution in [0.25, 0.3) is 0 Å². The maximum absolute atomic E-state index is 5.94. The molecule has 0 aliphatic rings. The lowest BCUT2D eigenvalue weighted by Crippen LogP contribution is -1.97. The summed E-state index contributed by atoms with van der Waals surface area (Å²) in [4.78, 5) is 2.20. The van der Waals surface area contributed by atoms with Crippen molar-refractivity contribution in [2.45, 2.75) is 27.4 Å². The van der Waals surface area contributed by atoms with Crippen molar-refractivity contribution in [1.82, 2.24) is 0 Å². The molecule has 0 radical (unpaired) electrons. The van der Waals surface area contributed by atoms with Gasteiger partial charge in [0.05, 0.1) is 11.4 Å². The monoisotopic (exact) mass is 285 g/mol. The Labute approximate surface area is 124 Å². The highest BCUT2D eigenvalue weighted by Gasteiger charge is 2.05. The predicted octanol–water partition coefficient (Wildman–Crippen LogP) is 3.56. The molecule has 0 atom stereocenters. The molecule has 1 aromatic heterocycles. The number of aryl methyl sites for hydroxylation is 2. The Bertz CT molecular complexity index is 661. The van der Waals surface area contributed by atoms with Crippen LogP contribution in [-0.4, -0.2) is 6.54 Å². The van der Waals surface area contributed by atoms with Gasteiger partial charge in [-0.25, -0.2) is 0 Å². The van der Waals surface area contributed by atoms with Crippen LogP contribution in [0.1, 0.15) is 26.4 Å². The summed E-state index contributed by atoms with van der Waals surface area (Å²) in [6.45, 7) is 7.27. The number of thiophene rings is 1. The van der Waals surface area contributed by atoms with Crippen molar-refractivity contribution in [2.75, 3.05) is 6.54 Å². The molecule has 0 amide bonds. The summed E-state index contributed by atoms with van der Waals surface area (Å²) in [6.07, 6.45) is 0. The molecule has 20 heavy (non-hydrogen) atoms. The molecule has 0 aliphatic heterocycles. The summed E-state index contributed by atoms with van der Waals surface area (Å²) in [5.74, 6) is 6.87. The predicted molar refractivity (Wildman–Crippen MR) is 85.2 cm³/mol. The highest BCUT2D eigenvalue weighted by atomic mass is 32.1. The van der Waals surface area contributed by atoms with E-state index >= 15 is 0 Å². The van der Waals surface area contributed by atoms with Gasteiger partial charge in [-0.05, 0) is 55.7 Å². The van der Waals surface area contributed by atoms with E-state index in [4.69, 9.17) is 10.5 Å². The second-order valence-electron chi connectivity index (χ2n) is 4.77. The lowest BCUT2D eigenvalue weighted by atomic mass is 10.1. The Kier molecular flexibility index (Phi) is 4.84. The maximum atomic E-state index is 5.94. The van der Waals surface area contributed by atoms with Crippen molar-refractivity contribution in [1.29, 1.82) is 0 Å². The van der Waals surface area contributed by atoms with E-state index < -0.39 is 0 Å². The third-order valence-corrected chi connectivity index (χ3v) is 4.08.